The van der Waals surface area contributed by atoms with Gasteiger partial charge in [0.15, 0.2) is 17.5 Å². The van der Waals surface area contributed by atoms with Gasteiger partial charge in [-0.25, -0.2) is 24.2 Å². The maximum Gasteiger partial charge on any atom is 0.433 e. The SMILES string of the molecule is N/C(=N\C(=O)O)c1nc(NN2CCOCC2)c(NCC2CCCCC2)c(-c2cc(Cl)ccc2F)n1. The number of ether oxygens (including phenoxy) is 1. The Hall–Kier alpha value is -3.02. The Morgan fingerprint density at radius 3 is 2.71 bits per heavy atom. The second kappa shape index (κ2) is 11.6. The molecule has 2 heterocycles. The van der Waals surface area contributed by atoms with Crippen LogP contribution in [0.5, 0.6) is 0 Å². The Kier molecular flexibility index (Phi) is 8.32. The lowest BCUT2D eigenvalue weighted by molar-refractivity contribution is 0.0495. The predicted molar refractivity (Wildman–Crippen MR) is 132 cm³/mol. The van der Waals surface area contributed by atoms with Crippen LogP contribution in [0.15, 0.2) is 23.2 Å². The van der Waals surface area contributed by atoms with Gasteiger partial charge in [-0.15, -0.1) is 0 Å². The van der Waals surface area contributed by atoms with Gasteiger partial charge < -0.3 is 26.3 Å². The van der Waals surface area contributed by atoms with E-state index in [1.54, 1.807) is 0 Å². The number of hydrazine groups is 1. The van der Waals surface area contributed by atoms with Crippen molar-refractivity contribution in [2.24, 2.45) is 16.6 Å². The number of carboxylic acid groups (broad SMARTS) is 1. The summed E-state index contributed by atoms with van der Waals surface area (Å²) in [6.07, 6.45) is 4.33. The van der Waals surface area contributed by atoms with E-state index in [0.29, 0.717) is 55.3 Å². The summed E-state index contributed by atoms with van der Waals surface area (Å²) in [4.78, 5) is 23.4. The molecule has 0 bridgehead atoms. The van der Waals surface area contributed by atoms with Crippen molar-refractivity contribution >= 4 is 35.0 Å². The number of carbonyl (C=O) groups is 1. The lowest BCUT2D eigenvalue weighted by Crippen LogP contribution is -2.41. The first kappa shape index (κ1) is 25.1. The summed E-state index contributed by atoms with van der Waals surface area (Å²) in [6.45, 7) is 2.93. The van der Waals surface area contributed by atoms with Crippen LogP contribution in [0.4, 0.5) is 20.7 Å². The molecular weight excluding hydrogens is 477 g/mol. The van der Waals surface area contributed by atoms with Gasteiger partial charge in [-0.2, -0.15) is 4.99 Å². The number of rotatable bonds is 7. The predicted octanol–water partition coefficient (Wildman–Crippen LogP) is 3.97. The van der Waals surface area contributed by atoms with E-state index < -0.39 is 17.7 Å². The number of anilines is 2. The lowest BCUT2D eigenvalue weighted by atomic mass is 9.89. The van der Waals surface area contributed by atoms with Crippen molar-refractivity contribution < 1.29 is 19.0 Å². The summed E-state index contributed by atoms with van der Waals surface area (Å²) in [5.74, 6) is -0.266. The summed E-state index contributed by atoms with van der Waals surface area (Å²) in [6, 6.07) is 4.18. The number of halogens is 2. The lowest BCUT2D eigenvalue weighted by Gasteiger charge is -2.29. The fourth-order valence-corrected chi connectivity index (χ4v) is 4.49. The summed E-state index contributed by atoms with van der Waals surface area (Å²) >= 11 is 6.19. The van der Waals surface area contributed by atoms with Crippen molar-refractivity contribution in [3.8, 4) is 11.3 Å². The Morgan fingerprint density at radius 1 is 1.26 bits per heavy atom. The molecule has 1 saturated heterocycles. The van der Waals surface area contributed by atoms with Gasteiger partial charge in [0.1, 0.15) is 17.2 Å². The zero-order valence-corrected chi connectivity index (χ0v) is 20.0. The number of nitrogens with zero attached hydrogens (tertiary/aromatic N) is 4. The molecule has 4 rings (SSSR count). The van der Waals surface area contributed by atoms with Crippen molar-refractivity contribution in [2.75, 3.05) is 43.6 Å². The van der Waals surface area contributed by atoms with Gasteiger partial charge in [-0.05, 0) is 37.0 Å². The third kappa shape index (κ3) is 6.56. The third-order valence-electron chi connectivity index (χ3n) is 6.11. The highest BCUT2D eigenvalue weighted by Crippen LogP contribution is 2.36. The summed E-state index contributed by atoms with van der Waals surface area (Å²) in [5, 5.41) is 14.8. The zero-order chi connectivity index (χ0) is 24.8. The Balaban J connectivity index is 1.82. The third-order valence-corrected chi connectivity index (χ3v) is 6.34. The highest BCUT2D eigenvalue weighted by molar-refractivity contribution is 6.30. The first-order valence-corrected chi connectivity index (χ1v) is 12.1. The minimum Gasteiger partial charge on any atom is -0.463 e. The van der Waals surface area contributed by atoms with E-state index in [9.17, 15) is 4.79 Å². The molecule has 1 saturated carbocycles. The molecule has 10 nitrogen and oxygen atoms in total. The fourth-order valence-electron chi connectivity index (χ4n) is 4.31. The molecule has 2 aliphatic rings. The van der Waals surface area contributed by atoms with E-state index in [2.05, 4.69) is 25.7 Å². The van der Waals surface area contributed by atoms with Gasteiger partial charge in [0.2, 0.25) is 0 Å². The van der Waals surface area contributed by atoms with Gasteiger partial charge in [-0.3, -0.25) is 0 Å². The second-order valence-corrected chi connectivity index (χ2v) is 9.06. The highest BCUT2D eigenvalue weighted by atomic mass is 35.5. The standard InChI is InChI=1S/C23H29ClFN7O3/c24-15-6-7-17(25)16(12-15)18-19(27-13-14-4-2-1-3-5-14)21(31-32-8-10-35-11-9-32)30-22(28-18)20(26)29-23(33)34/h6-7,12,14,27H,1-5,8-11,13H2,(H2,26,29)(H,33,34)(H,28,30,31). The smallest absolute Gasteiger partial charge is 0.433 e. The van der Waals surface area contributed by atoms with Crippen LogP contribution in [0.1, 0.15) is 37.9 Å². The average Bonchev–Trinajstić information content (AvgIpc) is 2.85. The molecule has 1 aromatic heterocycles. The van der Waals surface area contributed by atoms with Crippen molar-refractivity contribution in [2.45, 2.75) is 32.1 Å². The molecule has 2 fully saturated rings. The van der Waals surface area contributed by atoms with E-state index in [-0.39, 0.29) is 17.1 Å². The van der Waals surface area contributed by atoms with Crippen molar-refractivity contribution in [1.29, 1.82) is 0 Å². The first-order valence-electron chi connectivity index (χ1n) is 11.7. The van der Waals surface area contributed by atoms with Crippen LogP contribution in [0.3, 0.4) is 0 Å². The molecule has 1 aliphatic carbocycles. The first-order chi connectivity index (χ1) is 16.9. The summed E-state index contributed by atoms with van der Waals surface area (Å²) in [7, 11) is 0. The van der Waals surface area contributed by atoms with Crippen LogP contribution in [0, 0.1) is 11.7 Å². The average molecular weight is 506 g/mol. The van der Waals surface area contributed by atoms with Gasteiger partial charge >= 0.3 is 6.09 Å². The number of aromatic nitrogens is 2. The topological polar surface area (TPSA) is 138 Å². The molecule has 0 atom stereocenters. The van der Waals surface area contributed by atoms with Crippen molar-refractivity contribution in [1.82, 2.24) is 15.0 Å². The van der Waals surface area contributed by atoms with Gasteiger partial charge in [0.25, 0.3) is 0 Å². The van der Waals surface area contributed by atoms with E-state index in [4.69, 9.17) is 27.2 Å². The number of benzene rings is 1. The number of amidine groups is 1. The zero-order valence-electron chi connectivity index (χ0n) is 19.3. The summed E-state index contributed by atoms with van der Waals surface area (Å²) < 4.78 is 20.4. The maximum absolute atomic E-state index is 15.0. The van der Waals surface area contributed by atoms with Crippen LogP contribution >= 0.6 is 11.6 Å². The number of hydrogen-bond donors (Lipinski definition) is 4. The fraction of sp³-hybridized carbons (Fsp3) is 0.478. The molecule has 35 heavy (non-hydrogen) atoms. The molecule has 12 heteroatoms. The van der Waals surface area contributed by atoms with Gasteiger partial charge in [-0.1, -0.05) is 30.9 Å². The molecule has 0 unspecified atom stereocenters. The Labute approximate surface area is 207 Å². The number of nitrogens with one attached hydrogen (secondary N) is 2. The molecule has 2 aromatic rings. The van der Waals surface area contributed by atoms with Crippen LogP contribution < -0.4 is 16.5 Å². The molecule has 1 aliphatic heterocycles. The summed E-state index contributed by atoms with van der Waals surface area (Å²) in [5.41, 5.74) is 9.99. The molecule has 1 amide bonds. The molecular formula is C23H29ClFN7O3. The van der Waals surface area contributed by atoms with E-state index in [0.717, 1.165) is 12.8 Å². The van der Waals surface area contributed by atoms with Crippen molar-refractivity contribution in [3.05, 3.63) is 34.9 Å². The highest BCUT2D eigenvalue weighted by Gasteiger charge is 2.24. The molecule has 1 aromatic carbocycles. The quantitative estimate of drug-likeness (QED) is 0.325. The number of hydrogen-bond acceptors (Lipinski definition) is 7. The maximum atomic E-state index is 15.0. The largest absolute Gasteiger partial charge is 0.463 e. The minimum atomic E-state index is -1.48. The second-order valence-electron chi connectivity index (χ2n) is 8.62. The number of aliphatic imine (C=N–C) groups is 1. The van der Waals surface area contributed by atoms with E-state index in [1.807, 2.05) is 5.01 Å². The van der Waals surface area contributed by atoms with Crippen LogP contribution in [-0.4, -0.2) is 64.9 Å². The molecule has 5 N–H and O–H groups in total. The van der Waals surface area contributed by atoms with Crippen LogP contribution in [0.2, 0.25) is 5.02 Å². The monoisotopic (exact) mass is 505 g/mol. The number of morpholine rings is 1. The Morgan fingerprint density at radius 2 is 2.00 bits per heavy atom. The van der Waals surface area contributed by atoms with E-state index in [1.165, 1.54) is 37.5 Å². The number of amides is 1. The van der Waals surface area contributed by atoms with Gasteiger partial charge in [0, 0.05) is 30.2 Å². The molecule has 0 radical (unpaired) electrons. The number of nitrogens with two attached hydrogens (primary N) is 1. The Bertz CT molecular complexity index is 1090. The van der Waals surface area contributed by atoms with Crippen LogP contribution in [0.25, 0.3) is 11.3 Å². The van der Waals surface area contributed by atoms with E-state index >= 15 is 4.39 Å². The van der Waals surface area contributed by atoms with Gasteiger partial charge in [0.05, 0.1) is 13.2 Å². The van der Waals surface area contributed by atoms with Crippen molar-refractivity contribution in [3.63, 3.8) is 0 Å². The minimum absolute atomic E-state index is 0.138. The molecule has 0 spiro atoms. The molecule has 188 valence electrons. The van der Waals surface area contributed by atoms with Crippen LogP contribution in [-0.2, 0) is 4.74 Å². The normalized spacial score (nSPS) is 17.8.